The number of aromatic nitrogens is 2. The Morgan fingerprint density at radius 1 is 1.16 bits per heavy atom. The van der Waals surface area contributed by atoms with E-state index in [1.807, 2.05) is 12.3 Å². The molecule has 2 heterocycles. The highest BCUT2D eigenvalue weighted by Crippen LogP contribution is 2.27. The van der Waals surface area contributed by atoms with Crippen molar-refractivity contribution in [3.05, 3.63) is 77.5 Å². The Morgan fingerprint density at radius 3 is 2.72 bits per heavy atom. The molecule has 3 aromatic rings. The molecule has 4 heteroatoms. The first-order valence-corrected chi connectivity index (χ1v) is 9.10. The minimum atomic E-state index is 0.285. The van der Waals surface area contributed by atoms with Crippen LogP contribution in [0, 0.1) is 6.92 Å². The van der Waals surface area contributed by atoms with E-state index in [1.54, 1.807) is 6.26 Å². The van der Waals surface area contributed by atoms with Crippen molar-refractivity contribution >= 4 is 0 Å². The Hall–Kier alpha value is -2.33. The molecule has 0 saturated carbocycles. The van der Waals surface area contributed by atoms with E-state index in [4.69, 9.17) is 4.42 Å². The number of benzene rings is 1. The molecule has 3 rings (SSSR count). The van der Waals surface area contributed by atoms with Crippen LogP contribution in [0.25, 0.3) is 0 Å². The van der Waals surface area contributed by atoms with E-state index >= 15 is 0 Å². The zero-order chi connectivity index (χ0) is 17.5. The number of furan rings is 1. The fourth-order valence-corrected chi connectivity index (χ4v) is 3.21. The fraction of sp³-hybridized carbons (Fsp3) is 0.381. The summed E-state index contributed by atoms with van der Waals surface area (Å²) in [6.07, 6.45) is 5.85. The molecule has 1 N–H and O–H groups in total. The minimum Gasteiger partial charge on any atom is -0.469 e. The molecule has 1 unspecified atom stereocenters. The summed E-state index contributed by atoms with van der Waals surface area (Å²) in [5.41, 5.74) is 3.84. The standard InChI is InChI=1S/C21H27N3O/c1-3-13-24-17(2)19(16-23-24)15-22-12-11-20(21-10-7-14-25-21)18-8-5-4-6-9-18/h4-10,14,16,20,22H,3,11-13,15H2,1-2H3. The molecule has 0 aliphatic heterocycles. The van der Waals surface area contributed by atoms with Crippen LogP contribution in [-0.4, -0.2) is 16.3 Å². The molecule has 1 atom stereocenters. The lowest BCUT2D eigenvalue weighted by atomic mass is 9.93. The molecule has 0 amide bonds. The maximum Gasteiger partial charge on any atom is 0.111 e. The molecular weight excluding hydrogens is 310 g/mol. The average Bonchev–Trinajstić information content (AvgIpc) is 3.28. The summed E-state index contributed by atoms with van der Waals surface area (Å²) in [7, 11) is 0. The smallest absolute Gasteiger partial charge is 0.111 e. The first kappa shape index (κ1) is 17.5. The number of aryl methyl sites for hydroxylation is 1. The van der Waals surface area contributed by atoms with Crippen LogP contribution < -0.4 is 5.32 Å². The first-order chi connectivity index (χ1) is 12.3. The van der Waals surface area contributed by atoms with Crippen LogP contribution in [-0.2, 0) is 13.1 Å². The molecule has 0 fully saturated rings. The summed E-state index contributed by atoms with van der Waals surface area (Å²) in [4.78, 5) is 0. The Morgan fingerprint density at radius 2 is 2.00 bits per heavy atom. The molecular formula is C21H27N3O. The van der Waals surface area contributed by atoms with E-state index in [-0.39, 0.29) is 5.92 Å². The zero-order valence-corrected chi connectivity index (χ0v) is 15.1. The lowest BCUT2D eigenvalue weighted by Crippen LogP contribution is -2.18. The number of hydrogen-bond acceptors (Lipinski definition) is 3. The topological polar surface area (TPSA) is 43.0 Å². The van der Waals surface area contributed by atoms with E-state index in [0.717, 1.165) is 38.2 Å². The van der Waals surface area contributed by atoms with E-state index in [1.165, 1.54) is 16.8 Å². The lowest BCUT2D eigenvalue weighted by Gasteiger charge is -2.15. The van der Waals surface area contributed by atoms with Crippen LogP contribution in [0.15, 0.2) is 59.3 Å². The zero-order valence-electron chi connectivity index (χ0n) is 15.1. The van der Waals surface area contributed by atoms with Gasteiger partial charge in [0.05, 0.1) is 12.5 Å². The van der Waals surface area contributed by atoms with Crippen molar-refractivity contribution in [3.63, 3.8) is 0 Å². The fourth-order valence-electron chi connectivity index (χ4n) is 3.21. The van der Waals surface area contributed by atoms with Gasteiger partial charge in [0.1, 0.15) is 5.76 Å². The van der Waals surface area contributed by atoms with Crippen molar-refractivity contribution in [1.29, 1.82) is 0 Å². The predicted octanol–water partition coefficient (Wildman–Crippen LogP) is 4.51. The Labute approximate surface area is 149 Å². The third-order valence-corrected chi connectivity index (χ3v) is 4.65. The van der Waals surface area contributed by atoms with Crippen molar-refractivity contribution in [2.45, 2.75) is 45.7 Å². The summed E-state index contributed by atoms with van der Waals surface area (Å²) < 4.78 is 7.76. The third kappa shape index (κ3) is 4.40. The van der Waals surface area contributed by atoms with Gasteiger partial charge in [-0.2, -0.15) is 5.10 Å². The van der Waals surface area contributed by atoms with E-state index in [9.17, 15) is 0 Å². The molecule has 25 heavy (non-hydrogen) atoms. The van der Waals surface area contributed by atoms with Gasteiger partial charge in [-0.3, -0.25) is 4.68 Å². The van der Waals surface area contributed by atoms with Gasteiger partial charge in [0, 0.05) is 30.3 Å². The van der Waals surface area contributed by atoms with Gasteiger partial charge in [-0.1, -0.05) is 37.3 Å². The average molecular weight is 337 g/mol. The van der Waals surface area contributed by atoms with Gasteiger partial charge in [-0.25, -0.2) is 0 Å². The van der Waals surface area contributed by atoms with Crippen LogP contribution in [0.5, 0.6) is 0 Å². The van der Waals surface area contributed by atoms with Crippen molar-refractivity contribution < 1.29 is 4.42 Å². The predicted molar refractivity (Wildman–Crippen MR) is 101 cm³/mol. The molecule has 132 valence electrons. The highest BCUT2D eigenvalue weighted by molar-refractivity contribution is 5.27. The van der Waals surface area contributed by atoms with Crippen LogP contribution in [0.4, 0.5) is 0 Å². The third-order valence-electron chi connectivity index (χ3n) is 4.65. The molecule has 2 aromatic heterocycles. The summed E-state index contributed by atoms with van der Waals surface area (Å²) in [5, 5.41) is 8.03. The van der Waals surface area contributed by atoms with Gasteiger partial charge >= 0.3 is 0 Å². The van der Waals surface area contributed by atoms with E-state index in [2.05, 4.69) is 65.3 Å². The quantitative estimate of drug-likeness (QED) is 0.584. The Bertz CT molecular complexity index is 747. The second-order valence-electron chi connectivity index (χ2n) is 6.42. The Balaban J connectivity index is 1.57. The maximum absolute atomic E-state index is 5.67. The molecule has 1 aromatic carbocycles. The van der Waals surface area contributed by atoms with Crippen LogP contribution in [0.1, 0.15) is 48.3 Å². The van der Waals surface area contributed by atoms with Crippen molar-refractivity contribution in [2.24, 2.45) is 0 Å². The molecule has 0 spiro atoms. The number of rotatable bonds is 9. The van der Waals surface area contributed by atoms with Gasteiger partial charge in [-0.15, -0.1) is 0 Å². The van der Waals surface area contributed by atoms with Gasteiger partial charge < -0.3 is 9.73 Å². The van der Waals surface area contributed by atoms with Gasteiger partial charge in [-0.05, 0) is 44.0 Å². The SMILES string of the molecule is CCCn1ncc(CNCCC(c2ccccc2)c2ccco2)c1C. The van der Waals surface area contributed by atoms with E-state index < -0.39 is 0 Å². The van der Waals surface area contributed by atoms with Crippen molar-refractivity contribution in [2.75, 3.05) is 6.54 Å². The lowest BCUT2D eigenvalue weighted by molar-refractivity contribution is 0.466. The van der Waals surface area contributed by atoms with Gasteiger partial charge in [0.15, 0.2) is 0 Å². The monoisotopic (exact) mass is 337 g/mol. The second kappa shape index (κ2) is 8.67. The molecule has 0 bridgehead atoms. The van der Waals surface area contributed by atoms with Crippen LogP contribution in [0.2, 0.25) is 0 Å². The van der Waals surface area contributed by atoms with Crippen molar-refractivity contribution in [3.8, 4) is 0 Å². The number of hydrogen-bond donors (Lipinski definition) is 1. The van der Waals surface area contributed by atoms with Crippen LogP contribution >= 0.6 is 0 Å². The maximum atomic E-state index is 5.67. The highest BCUT2D eigenvalue weighted by atomic mass is 16.3. The number of nitrogens with zero attached hydrogens (tertiary/aromatic N) is 2. The molecule has 4 nitrogen and oxygen atoms in total. The van der Waals surface area contributed by atoms with Crippen LogP contribution in [0.3, 0.4) is 0 Å². The minimum absolute atomic E-state index is 0.285. The normalized spacial score (nSPS) is 12.4. The van der Waals surface area contributed by atoms with Crippen molar-refractivity contribution in [1.82, 2.24) is 15.1 Å². The summed E-state index contributed by atoms with van der Waals surface area (Å²) >= 11 is 0. The highest BCUT2D eigenvalue weighted by Gasteiger charge is 2.16. The molecule has 0 aliphatic rings. The van der Waals surface area contributed by atoms with Gasteiger partial charge in [0.2, 0.25) is 0 Å². The Kier molecular flexibility index (Phi) is 6.07. The molecule has 0 radical (unpaired) electrons. The largest absolute Gasteiger partial charge is 0.469 e. The van der Waals surface area contributed by atoms with Gasteiger partial charge in [0.25, 0.3) is 0 Å². The summed E-state index contributed by atoms with van der Waals surface area (Å²) in [6.45, 7) is 7.10. The summed E-state index contributed by atoms with van der Waals surface area (Å²) in [5.74, 6) is 1.31. The summed E-state index contributed by atoms with van der Waals surface area (Å²) in [6, 6.07) is 14.6. The van der Waals surface area contributed by atoms with E-state index in [0.29, 0.717) is 0 Å². The number of nitrogens with one attached hydrogen (secondary N) is 1. The first-order valence-electron chi connectivity index (χ1n) is 9.10. The second-order valence-corrected chi connectivity index (χ2v) is 6.42. The molecule has 0 saturated heterocycles. The molecule has 0 aliphatic carbocycles.